The van der Waals surface area contributed by atoms with Gasteiger partial charge in [0.25, 0.3) is 0 Å². The number of nitrogens with one attached hydrogen (secondary N) is 2. The molecule has 31 heavy (non-hydrogen) atoms. The number of benzene rings is 2. The summed E-state index contributed by atoms with van der Waals surface area (Å²) in [5, 5.41) is 10.5. The van der Waals surface area contributed by atoms with Gasteiger partial charge in [-0.1, -0.05) is 12.1 Å². The SMILES string of the molecule is COC(=O)n1ncc2c(NC(=O)NC3CC4(CCC4)Oc4cc(F)ccc43)cccc21. The summed E-state index contributed by atoms with van der Waals surface area (Å²) >= 11 is 0. The molecule has 1 unspecified atom stereocenters. The summed E-state index contributed by atoms with van der Waals surface area (Å²) in [5.74, 6) is 0.116. The number of amides is 2. The van der Waals surface area contributed by atoms with Gasteiger partial charge in [0, 0.05) is 23.4 Å². The van der Waals surface area contributed by atoms with E-state index in [2.05, 4.69) is 15.7 Å². The van der Waals surface area contributed by atoms with Crippen molar-refractivity contribution >= 4 is 28.7 Å². The molecule has 1 spiro atoms. The van der Waals surface area contributed by atoms with Crippen molar-refractivity contribution in [3.63, 3.8) is 0 Å². The van der Waals surface area contributed by atoms with Crippen molar-refractivity contribution in [1.29, 1.82) is 0 Å². The lowest BCUT2D eigenvalue weighted by atomic mass is 9.73. The minimum absolute atomic E-state index is 0.304. The van der Waals surface area contributed by atoms with E-state index >= 15 is 0 Å². The Morgan fingerprint density at radius 3 is 2.87 bits per heavy atom. The smallest absolute Gasteiger partial charge is 0.434 e. The van der Waals surface area contributed by atoms with Crippen molar-refractivity contribution < 1.29 is 23.5 Å². The van der Waals surface area contributed by atoms with E-state index in [1.807, 2.05) is 0 Å². The molecule has 2 amide bonds. The van der Waals surface area contributed by atoms with E-state index in [1.165, 1.54) is 25.4 Å². The molecule has 1 fully saturated rings. The molecule has 1 atom stereocenters. The monoisotopic (exact) mass is 424 g/mol. The van der Waals surface area contributed by atoms with Gasteiger partial charge in [-0.25, -0.2) is 14.0 Å². The number of hydrogen-bond acceptors (Lipinski definition) is 5. The highest BCUT2D eigenvalue weighted by molar-refractivity contribution is 6.02. The predicted octanol–water partition coefficient (Wildman–Crippen LogP) is 4.36. The maximum absolute atomic E-state index is 13.8. The fraction of sp³-hybridized carbons (Fsp3) is 0.318. The van der Waals surface area contributed by atoms with Crippen LogP contribution in [-0.2, 0) is 4.74 Å². The van der Waals surface area contributed by atoms with Crippen LogP contribution in [0.5, 0.6) is 5.75 Å². The second-order valence-corrected chi connectivity index (χ2v) is 7.94. The minimum atomic E-state index is -0.617. The maximum atomic E-state index is 13.8. The van der Waals surface area contributed by atoms with Crippen LogP contribution < -0.4 is 15.4 Å². The van der Waals surface area contributed by atoms with Crippen LogP contribution in [0.3, 0.4) is 0 Å². The number of rotatable bonds is 2. The van der Waals surface area contributed by atoms with Crippen molar-refractivity contribution in [1.82, 2.24) is 15.1 Å². The van der Waals surface area contributed by atoms with Crippen LogP contribution >= 0.6 is 0 Å². The molecule has 1 aromatic heterocycles. The van der Waals surface area contributed by atoms with E-state index < -0.39 is 12.1 Å². The number of hydrogen-bond donors (Lipinski definition) is 2. The Bertz CT molecular complexity index is 1190. The number of anilines is 1. The van der Waals surface area contributed by atoms with E-state index in [1.54, 1.807) is 24.3 Å². The molecule has 160 valence electrons. The molecule has 1 aliphatic carbocycles. The van der Waals surface area contributed by atoms with Gasteiger partial charge in [-0.05, 0) is 37.5 Å². The zero-order valence-corrected chi connectivity index (χ0v) is 16.9. The third-order valence-electron chi connectivity index (χ3n) is 6.03. The Morgan fingerprint density at radius 1 is 1.29 bits per heavy atom. The van der Waals surface area contributed by atoms with Crippen molar-refractivity contribution in [3.8, 4) is 5.75 Å². The average molecular weight is 424 g/mol. The van der Waals surface area contributed by atoms with Gasteiger partial charge in [0.2, 0.25) is 0 Å². The lowest BCUT2D eigenvalue weighted by Gasteiger charge is -2.48. The van der Waals surface area contributed by atoms with Crippen LogP contribution in [0.2, 0.25) is 0 Å². The number of carbonyl (C=O) groups is 2. The number of fused-ring (bicyclic) bond motifs is 2. The Labute approximate surface area is 177 Å². The highest BCUT2D eigenvalue weighted by atomic mass is 19.1. The minimum Gasteiger partial charge on any atom is -0.487 e. The molecular weight excluding hydrogens is 403 g/mol. The summed E-state index contributed by atoms with van der Waals surface area (Å²) in [6, 6.07) is 8.85. The largest absolute Gasteiger partial charge is 0.487 e. The van der Waals surface area contributed by atoms with Gasteiger partial charge in [0.15, 0.2) is 0 Å². The number of methoxy groups -OCH3 is 1. The Hall–Kier alpha value is -3.62. The Balaban J connectivity index is 1.39. The standard InChI is InChI=1S/C22H21FN4O4/c1-30-21(29)27-18-5-2-4-16(15(18)12-24-27)25-20(28)26-17-11-22(8-3-9-22)31-19-10-13(23)6-7-14(17)19/h2,4-7,10,12,17H,3,8-9,11H2,1H3,(H2,25,26,28). The molecule has 9 heteroatoms. The molecule has 2 heterocycles. The maximum Gasteiger partial charge on any atom is 0.434 e. The summed E-state index contributed by atoms with van der Waals surface area (Å²) in [4.78, 5) is 24.7. The van der Waals surface area contributed by atoms with Gasteiger partial charge in [-0.2, -0.15) is 9.78 Å². The zero-order chi connectivity index (χ0) is 21.6. The van der Waals surface area contributed by atoms with Crippen LogP contribution in [0.15, 0.2) is 42.6 Å². The summed E-state index contributed by atoms with van der Waals surface area (Å²) in [6.45, 7) is 0. The predicted molar refractivity (Wildman–Crippen MR) is 111 cm³/mol. The van der Waals surface area contributed by atoms with Crippen LogP contribution in [0.25, 0.3) is 10.9 Å². The first-order chi connectivity index (χ1) is 15.0. The first kappa shape index (κ1) is 19.3. The first-order valence-electron chi connectivity index (χ1n) is 10.1. The van der Waals surface area contributed by atoms with Crippen LogP contribution in [0.4, 0.5) is 19.7 Å². The van der Waals surface area contributed by atoms with Crippen molar-refractivity contribution in [2.45, 2.75) is 37.3 Å². The molecule has 2 aliphatic rings. The summed E-state index contributed by atoms with van der Waals surface area (Å²) in [5.41, 5.74) is 1.44. The van der Waals surface area contributed by atoms with E-state index in [-0.39, 0.29) is 17.5 Å². The third-order valence-corrected chi connectivity index (χ3v) is 6.03. The van der Waals surface area contributed by atoms with Gasteiger partial charge < -0.3 is 20.1 Å². The lowest BCUT2D eigenvalue weighted by Crippen LogP contribution is -2.50. The highest BCUT2D eigenvalue weighted by Gasteiger charge is 2.46. The molecule has 1 saturated carbocycles. The number of urea groups is 1. The Kier molecular flexibility index (Phi) is 4.53. The molecule has 8 nitrogen and oxygen atoms in total. The van der Waals surface area contributed by atoms with Crippen LogP contribution in [0, 0.1) is 5.82 Å². The second kappa shape index (κ2) is 7.26. The first-order valence-corrected chi connectivity index (χ1v) is 10.1. The van der Waals surface area contributed by atoms with Crippen LogP contribution in [0.1, 0.15) is 37.3 Å². The molecule has 0 radical (unpaired) electrons. The number of ether oxygens (including phenoxy) is 2. The molecule has 2 N–H and O–H groups in total. The average Bonchev–Trinajstić information content (AvgIpc) is 3.16. The second-order valence-electron chi connectivity index (χ2n) is 7.94. The highest BCUT2D eigenvalue weighted by Crippen LogP contribution is 2.49. The Morgan fingerprint density at radius 2 is 2.13 bits per heavy atom. The topological polar surface area (TPSA) is 94.5 Å². The molecule has 2 aromatic carbocycles. The van der Waals surface area contributed by atoms with Crippen LogP contribution in [-0.4, -0.2) is 34.6 Å². The van der Waals surface area contributed by atoms with E-state index in [4.69, 9.17) is 9.47 Å². The molecule has 5 rings (SSSR count). The van der Waals surface area contributed by atoms with Gasteiger partial charge >= 0.3 is 12.1 Å². The number of carbonyl (C=O) groups excluding carboxylic acids is 2. The molecular formula is C22H21FN4O4. The van der Waals surface area contributed by atoms with Gasteiger partial charge in [-0.3, -0.25) is 0 Å². The molecule has 1 aliphatic heterocycles. The van der Waals surface area contributed by atoms with E-state index in [0.29, 0.717) is 28.8 Å². The van der Waals surface area contributed by atoms with Crippen molar-refractivity contribution in [2.24, 2.45) is 0 Å². The molecule has 0 bridgehead atoms. The van der Waals surface area contributed by atoms with Gasteiger partial charge in [-0.15, -0.1) is 0 Å². The van der Waals surface area contributed by atoms with Gasteiger partial charge in [0.1, 0.15) is 17.2 Å². The lowest BCUT2D eigenvalue weighted by molar-refractivity contribution is -0.0356. The quantitative estimate of drug-likeness (QED) is 0.638. The zero-order valence-electron chi connectivity index (χ0n) is 16.9. The van der Waals surface area contributed by atoms with Crippen molar-refractivity contribution in [2.75, 3.05) is 12.4 Å². The molecule has 0 saturated heterocycles. The van der Waals surface area contributed by atoms with Crippen molar-refractivity contribution in [3.05, 3.63) is 54.0 Å². The van der Waals surface area contributed by atoms with E-state index in [0.717, 1.165) is 29.5 Å². The van der Waals surface area contributed by atoms with E-state index in [9.17, 15) is 14.0 Å². The molecule has 3 aromatic rings. The number of nitrogens with zero attached hydrogens (tertiary/aromatic N) is 2. The van der Waals surface area contributed by atoms with Gasteiger partial charge in [0.05, 0.1) is 30.6 Å². The fourth-order valence-electron chi connectivity index (χ4n) is 4.36. The normalized spacial score (nSPS) is 18.6. The third kappa shape index (κ3) is 3.35. The summed E-state index contributed by atoms with van der Waals surface area (Å²) in [7, 11) is 1.28. The number of aromatic nitrogens is 2. The number of halogens is 1. The summed E-state index contributed by atoms with van der Waals surface area (Å²) < 4.78 is 25.7. The fourth-order valence-corrected chi connectivity index (χ4v) is 4.36. The summed E-state index contributed by atoms with van der Waals surface area (Å²) in [6.07, 6.45) is 4.33.